The van der Waals surface area contributed by atoms with Gasteiger partial charge in [0.25, 0.3) is 0 Å². The van der Waals surface area contributed by atoms with Crippen LogP contribution in [0.15, 0.2) is 11.5 Å². The highest BCUT2D eigenvalue weighted by atomic mass is 16.5. The van der Waals surface area contributed by atoms with E-state index in [1.54, 1.807) is 0 Å². The van der Waals surface area contributed by atoms with Crippen molar-refractivity contribution in [2.24, 2.45) is 0 Å². The largest absolute Gasteiger partial charge is 0.476 e. The summed E-state index contributed by atoms with van der Waals surface area (Å²) in [6, 6.07) is 0. The monoisotopic (exact) mass is 129 g/mol. The van der Waals surface area contributed by atoms with Crippen LogP contribution < -0.4 is 5.32 Å². The summed E-state index contributed by atoms with van der Waals surface area (Å²) in [5, 5.41) is 3.03. The van der Waals surface area contributed by atoms with Crippen molar-refractivity contribution in [2.75, 3.05) is 6.73 Å². The highest BCUT2D eigenvalue weighted by molar-refractivity contribution is 5.03. The van der Waals surface area contributed by atoms with E-state index in [0.717, 1.165) is 11.5 Å². The molecule has 0 radical (unpaired) electrons. The van der Waals surface area contributed by atoms with Gasteiger partial charge in [-0.3, -0.25) is 0 Å². The molecule has 1 rings (SSSR count). The van der Waals surface area contributed by atoms with Gasteiger partial charge < -0.3 is 10.1 Å². The van der Waals surface area contributed by atoms with Gasteiger partial charge in [0.2, 0.25) is 0 Å². The summed E-state index contributed by atoms with van der Waals surface area (Å²) in [6.07, 6.45) is 0. The van der Waals surface area contributed by atoms with Crippen LogP contribution in [0.25, 0.3) is 0 Å². The molecule has 1 heterocycles. The van der Waals surface area contributed by atoms with E-state index in [1.165, 1.54) is 0 Å². The van der Waals surface area contributed by atoms with Gasteiger partial charge in [0, 0.05) is 5.70 Å². The zero-order chi connectivity index (χ0) is 7.28. The highest BCUT2D eigenvalue weighted by Gasteiger charge is 2.02. The zero-order valence-electron chi connectivity index (χ0n) is 6.62. The number of hydrogen-bond acceptors (Lipinski definition) is 2. The van der Waals surface area contributed by atoms with Gasteiger partial charge in [-0.1, -0.05) is 13.8 Å². The lowest BCUT2D eigenvalue weighted by Crippen LogP contribution is -2.04. The fourth-order valence-electron chi connectivity index (χ4n) is 0.485. The van der Waals surface area contributed by atoms with Crippen molar-refractivity contribution in [3.8, 4) is 0 Å². The summed E-state index contributed by atoms with van der Waals surface area (Å²) in [5.41, 5.74) is 1.15. The fourth-order valence-corrected chi connectivity index (χ4v) is 0.485. The molecule has 2 nitrogen and oxygen atoms in total. The third-order valence-corrected chi connectivity index (χ3v) is 1.15. The maximum Gasteiger partial charge on any atom is 0.158 e. The molecule has 0 amide bonds. The van der Waals surface area contributed by atoms with Crippen LogP contribution in [-0.2, 0) is 4.74 Å². The Morgan fingerprint density at radius 1 is 1.33 bits per heavy atom. The topological polar surface area (TPSA) is 21.3 Å². The average Bonchev–Trinajstić information content (AvgIpc) is 2.23. The Morgan fingerprint density at radius 2 is 1.89 bits per heavy atom. The predicted octanol–water partition coefficient (Wildman–Crippen LogP) is 1.84. The molecule has 0 bridgehead atoms. The molecule has 1 N–H and O–H groups in total. The second-order valence-electron chi connectivity index (χ2n) is 1.65. The highest BCUT2D eigenvalue weighted by Crippen LogP contribution is 2.06. The molecule has 0 aliphatic carbocycles. The number of rotatable bonds is 0. The summed E-state index contributed by atoms with van der Waals surface area (Å²) in [6.45, 7) is 8.61. The molecule has 0 atom stereocenters. The second kappa shape index (κ2) is 4.24. The molecule has 54 valence electrons. The van der Waals surface area contributed by atoms with E-state index < -0.39 is 0 Å². The van der Waals surface area contributed by atoms with Crippen molar-refractivity contribution in [2.45, 2.75) is 27.7 Å². The molecule has 9 heavy (non-hydrogen) atoms. The van der Waals surface area contributed by atoms with E-state index in [9.17, 15) is 0 Å². The van der Waals surface area contributed by atoms with Gasteiger partial charge in [-0.25, -0.2) is 0 Å². The second-order valence-corrected chi connectivity index (χ2v) is 1.65. The van der Waals surface area contributed by atoms with Gasteiger partial charge in [-0.05, 0) is 13.8 Å². The van der Waals surface area contributed by atoms with E-state index >= 15 is 0 Å². The van der Waals surface area contributed by atoms with Gasteiger partial charge in [0.15, 0.2) is 6.73 Å². The van der Waals surface area contributed by atoms with E-state index in [2.05, 4.69) is 5.32 Å². The van der Waals surface area contributed by atoms with Crippen LogP contribution >= 0.6 is 0 Å². The Bertz CT molecular complexity index is 95.5. The molecule has 0 aromatic rings. The molecule has 0 saturated heterocycles. The fraction of sp³-hybridized carbons (Fsp3) is 0.714. The lowest BCUT2D eigenvalue weighted by atomic mass is 10.4. The van der Waals surface area contributed by atoms with Gasteiger partial charge in [0.1, 0.15) is 5.76 Å². The van der Waals surface area contributed by atoms with Crippen LogP contribution in [0.1, 0.15) is 27.7 Å². The predicted molar refractivity (Wildman–Crippen MR) is 38.8 cm³/mol. The van der Waals surface area contributed by atoms with Crippen LogP contribution in [-0.4, -0.2) is 6.73 Å². The van der Waals surface area contributed by atoms with Crippen LogP contribution in [0.2, 0.25) is 0 Å². The van der Waals surface area contributed by atoms with E-state index in [1.807, 2.05) is 27.7 Å². The van der Waals surface area contributed by atoms with Gasteiger partial charge >= 0.3 is 0 Å². The van der Waals surface area contributed by atoms with Gasteiger partial charge in [0.05, 0.1) is 0 Å². The Morgan fingerprint density at radius 3 is 2.00 bits per heavy atom. The van der Waals surface area contributed by atoms with Gasteiger partial charge in [-0.15, -0.1) is 0 Å². The van der Waals surface area contributed by atoms with Crippen LogP contribution in [0, 0.1) is 0 Å². The summed E-state index contributed by atoms with van der Waals surface area (Å²) >= 11 is 0. The van der Waals surface area contributed by atoms with Crippen molar-refractivity contribution in [1.82, 2.24) is 5.32 Å². The van der Waals surface area contributed by atoms with E-state index in [4.69, 9.17) is 4.74 Å². The van der Waals surface area contributed by atoms with Crippen LogP contribution in [0.4, 0.5) is 0 Å². The molecular formula is C7H15NO. The summed E-state index contributed by atoms with van der Waals surface area (Å²) in [7, 11) is 0. The maximum atomic E-state index is 5.03. The molecule has 1 aliphatic rings. The Labute approximate surface area is 56.9 Å². The normalized spacial score (nSPS) is 15.6. The summed E-state index contributed by atoms with van der Waals surface area (Å²) in [4.78, 5) is 0. The first kappa shape index (κ1) is 8.34. The molecule has 0 fully saturated rings. The number of ether oxygens (including phenoxy) is 1. The SMILES string of the molecule is CC.CC1=C(C)OCN1. The van der Waals surface area contributed by atoms with E-state index in [-0.39, 0.29) is 0 Å². The molecule has 2 heteroatoms. The minimum absolute atomic E-state index is 0.650. The molecular weight excluding hydrogens is 114 g/mol. The first-order valence-electron chi connectivity index (χ1n) is 3.35. The quantitative estimate of drug-likeness (QED) is 0.539. The van der Waals surface area contributed by atoms with Crippen LogP contribution in [0.5, 0.6) is 0 Å². The molecule has 1 aliphatic heterocycles. The first-order chi connectivity index (χ1) is 4.30. The zero-order valence-corrected chi connectivity index (χ0v) is 6.62. The van der Waals surface area contributed by atoms with Gasteiger partial charge in [-0.2, -0.15) is 0 Å². The molecule has 0 aromatic heterocycles. The Hall–Kier alpha value is -0.660. The smallest absolute Gasteiger partial charge is 0.158 e. The third-order valence-electron chi connectivity index (χ3n) is 1.15. The number of allylic oxidation sites excluding steroid dienone is 2. The van der Waals surface area contributed by atoms with Crippen molar-refractivity contribution in [3.05, 3.63) is 11.5 Å². The Balaban J connectivity index is 0.000000291. The molecule has 0 unspecified atom stereocenters. The van der Waals surface area contributed by atoms with E-state index in [0.29, 0.717) is 6.73 Å². The van der Waals surface area contributed by atoms with Crippen molar-refractivity contribution in [1.29, 1.82) is 0 Å². The standard InChI is InChI=1S/C5H9NO.C2H6/c1-4-5(2)7-3-6-4;1-2/h6H,3H2,1-2H3;1-2H3. The minimum Gasteiger partial charge on any atom is -0.476 e. The molecule has 0 aromatic carbocycles. The number of hydrogen-bond donors (Lipinski definition) is 1. The minimum atomic E-state index is 0.650. The lowest BCUT2D eigenvalue weighted by molar-refractivity contribution is 0.234. The average molecular weight is 129 g/mol. The molecule has 0 spiro atoms. The summed E-state index contributed by atoms with van der Waals surface area (Å²) in [5.74, 6) is 1.01. The first-order valence-corrected chi connectivity index (χ1v) is 3.35. The van der Waals surface area contributed by atoms with Crippen molar-refractivity contribution < 1.29 is 4.74 Å². The third kappa shape index (κ3) is 2.40. The maximum absolute atomic E-state index is 5.03. The Kier molecular flexibility index (Phi) is 3.93. The molecule has 0 saturated carbocycles. The van der Waals surface area contributed by atoms with Crippen molar-refractivity contribution >= 4 is 0 Å². The summed E-state index contributed by atoms with van der Waals surface area (Å²) < 4.78 is 5.03. The van der Waals surface area contributed by atoms with Crippen LogP contribution in [0.3, 0.4) is 0 Å². The van der Waals surface area contributed by atoms with Crippen molar-refractivity contribution in [3.63, 3.8) is 0 Å². The number of nitrogens with one attached hydrogen (secondary N) is 1. The lowest BCUT2D eigenvalue weighted by Gasteiger charge is -1.88.